The molecule has 0 aliphatic carbocycles. The van der Waals surface area contributed by atoms with Gasteiger partial charge in [0.25, 0.3) is 0 Å². The van der Waals surface area contributed by atoms with E-state index in [2.05, 4.69) is 189 Å². The number of aliphatic carboxylic acids is 2. The average molecular weight is 884 g/mol. The van der Waals surface area contributed by atoms with Gasteiger partial charge in [-0.1, -0.05) is 109 Å². The van der Waals surface area contributed by atoms with Gasteiger partial charge < -0.3 is 10.2 Å². The van der Waals surface area contributed by atoms with Crippen LogP contribution in [-0.4, -0.2) is 34.5 Å². The van der Waals surface area contributed by atoms with Gasteiger partial charge in [-0.25, -0.2) is 9.59 Å². The zero-order valence-electron chi connectivity index (χ0n) is 28.6. The molecule has 6 rings (SSSR count). The van der Waals surface area contributed by atoms with Gasteiger partial charge >= 0.3 is 55.1 Å². The topological polar surface area (TPSA) is 94.5 Å². The molecule has 14 heteroatoms. The number of benzene rings is 6. The third-order valence-corrected chi connectivity index (χ3v) is 12.3. The van der Waals surface area contributed by atoms with Crippen LogP contribution in [0.25, 0.3) is 0 Å². The molecule has 1 radical (unpaired) electrons. The van der Waals surface area contributed by atoms with Gasteiger partial charge in [0, 0.05) is 0 Å². The summed E-state index contributed by atoms with van der Waals surface area (Å²) in [6, 6.07) is 65.0. The fourth-order valence-electron chi connectivity index (χ4n) is 4.63. The molecule has 0 amide bonds. The number of carboxylic acids is 2. The van der Waals surface area contributed by atoms with E-state index in [0.29, 0.717) is 0 Å². The molecule has 0 spiro atoms. The maximum absolute atomic E-state index is 10.6. The Kier molecular flexibility index (Phi) is 22.0. The summed E-state index contributed by atoms with van der Waals surface area (Å²) >= 11 is 0. The Morgan fingerprint density at radius 3 is 0.582 bits per heavy atom. The van der Waals surface area contributed by atoms with Crippen molar-refractivity contribution in [2.75, 3.05) is 0 Å². The Hall–Kier alpha value is -4.94. The van der Waals surface area contributed by atoms with Gasteiger partial charge in [-0.05, 0) is 72.8 Å². The van der Waals surface area contributed by atoms with Gasteiger partial charge in [-0.2, -0.15) is 26.3 Å². The van der Waals surface area contributed by atoms with Crippen LogP contribution >= 0.6 is 15.8 Å². The van der Waals surface area contributed by atoms with Gasteiger partial charge in [-0.3, -0.25) is 0 Å². The number of alkyl halides is 6. The Bertz CT molecular complexity index is 1630. The van der Waals surface area contributed by atoms with Gasteiger partial charge in [0.05, 0.1) is 15.8 Å². The Morgan fingerprint density at radius 1 is 0.382 bits per heavy atom. The number of carbonyl (C=O) groups is 2. The van der Waals surface area contributed by atoms with Crippen LogP contribution in [0.2, 0.25) is 0 Å². The summed E-state index contributed by atoms with van der Waals surface area (Å²) in [6.07, 6.45) is -10.2. The van der Waals surface area contributed by atoms with Crippen LogP contribution in [0, 0.1) is 6.65 Å². The first-order chi connectivity index (χ1) is 25.8. The van der Waals surface area contributed by atoms with E-state index >= 15 is 0 Å². The molecule has 0 aromatic heterocycles. The van der Waals surface area contributed by atoms with Crippen molar-refractivity contribution in [3.63, 3.8) is 0 Å². The maximum atomic E-state index is 10.6. The first kappa shape index (κ1) is 48.1. The maximum Gasteiger partial charge on any atom is 1.00 e. The summed E-state index contributed by atoms with van der Waals surface area (Å²) in [5, 5.41) is 22.9. The standard InChI is InChI=1S/2C18H15P.2C2HF3O2.CO.Ru/c2*1-4-10-16(11-5-1)19(17-12-6-2-7-13-17)18-14-8-3-9-15-18;2*3-2(4,5)1(6)7;1-2;/h2*1-15H;2*(H,6,7);;/q;;;;;+1/p+2. The molecule has 0 aliphatic heterocycles. The summed E-state index contributed by atoms with van der Waals surface area (Å²) in [6.45, 7) is 4.50. The van der Waals surface area contributed by atoms with Crippen molar-refractivity contribution in [1.82, 2.24) is 0 Å². The normalized spacial score (nSPS) is 10.2. The van der Waals surface area contributed by atoms with Crippen molar-refractivity contribution in [1.29, 1.82) is 0 Å². The summed E-state index contributed by atoms with van der Waals surface area (Å²) in [5.74, 6) is -5.51. The molecule has 5 nitrogen and oxygen atoms in total. The molecular weight excluding hydrogens is 849 g/mol. The van der Waals surface area contributed by atoms with E-state index in [1.54, 1.807) is 0 Å². The van der Waals surface area contributed by atoms with Crippen LogP contribution in [-0.2, 0) is 33.7 Å². The minimum Gasteiger partial charge on any atom is -0.0620 e. The number of hydrogen-bond donors (Lipinski definition) is 2. The molecule has 6 aromatic rings. The number of carboxylic acid groups (broad SMARTS) is 2. The molecule has 0 fully saturated rings. The monoisotopic (exact) mass is 884 g/mol. The van der Waals surface area contributed by atoms with Gasteiger partial charge in [-0.15, -0.1) is 0 Å². The summed E-state index contributed by atoms with van der Waals surface area (Å²) in [5.41, 5.74) is 0. The Labute approximate surface area is 329 Å². The van der Waals surface area contributed by atoms with E-state index in [1.807, 2.05) is 0 Å². The van der Waals surface area contributed by atoms with Crippen LogP contribution in [0.5, 0.6) is 0 Å². The van der Waals surface area contributed by atoms with E-state index in [4.69, 9.17) is 24.5 Å². The molecule has 0 bridgehead atoms. The number of halogens is 6. The van der Waals surface area contributed by atoms with E-state index in [-0.39, 0.29) is 19.5 Å². The Morgan fingerprint density at radius 2 is 0.491 bits per heavy atom. The van der Waals surface area contributed by atoms with Crippen molar-refractivity contribution in [2.24, 2.45) is 0 Å². The molecule has 0 aliphatic rings. The van der Waals surface area contributed by atoms with Crippen LogP contribution in [0.3, 0.4) is 0 Å². The summed E-state index contributed by atoms with van der Waals surface area (Å²) < 4.78 is 71.0. The van der Waals surface area contributed by atoms with Crippen molar-refractivity contribution in [3.05, 3.63) is 189 Å². The van der Waals surface area contributed by atoms with Crippen molar-refractivity contribution in [3.8, 4) is 0 Å². The van der Waals surface area contributed by atoms with Gasteiger partial charge in [0.1, 0.15) is 31.8 Å². The molecular formula is C41H34F6O5P2Ru+3. The predicted octanol–water partition coefficient (Wildman–Crippen LogP) is 7.58. The quantitative estimate of drug-likeness (QED) is 0.0594. The first-order valence-corrected chi connectivity index (χ1v) is 18.7. The van der Waals surface area contributed by atoms with E-state index in [0.717, 1.165) is 0 Å². The molecule has 0 unspecified atom stereocenters. The predicted molar refractivity (Wildman–Crippen MR) is 204 cm³/mol. The van der Waals surface area contributed by atoms with Crippen molar-refractivity contribution in [2.45, 2.75) is 12.4 Å². The molecule has 0 saturated carbocycles. The van der Waals surface area contributed by atoms with Crippen LogP contribution in [0.1, 0.15) is 0 Å². The minimum atomic E-state index is -5.08. The van der Waals surface area contributed by atoms with E-state index < -0.39 is 40.1 Å². The molecule has 55 heavy (non-hydrogen) atoms. The van der Waals surface area contributed by atoms with E-state index in [9.17, 15) is 26.3 Å². The smallest absolute Gasteiger partial charge is 0.0620 e. The van der Waals surface area contributed by atoms with Gasteiger partial charge in [0.2, 0.25) is 0 Å². The fraction of sp³-hybridized carbons (Fsp3) is 0.0488. The molecule has 0 heterocycles. The largest absolute Gasteiger partial charge is 1.00 e. The van der Waals surface area contributed by atoms with Crippen LogP contribution in [0.4, 0.5) is 26.3 Å². The second-order valence-electron chi connectivity index (χ2n) is 10.6. The average Bonchev–Trinajstić information content (AvgIpc) is 3.18. The zero-order chi connectivity index (χ0) is 40.0. The minimum absolute atomic E-state index is 0. The number of hydrogen-bond acceptors (Lipinski definition) is 2. The molecule has 285 valence electrons. The third kappa shape index (κ3) is 17.4. The Balaban J connectivity index is 0.000000395. The second-order valence-corrected chi connectivity index (χ2v) is 15.5. The second kappa shape index (κ2) is 25.2. The van der Waals surface area contributed by atoms with E-state index in [1.165, 1.54) is 31.8 Å². The zero-order valence-corrected chi connectivity index (χ0v) is 32.3. The van der Waals surface area contributed by atoms with Crippen molar-refractivity contribution < 1.29 is 70.3 Å². The van der Waals surface area contributed by atoms with Crippen LogP contribution in [0.15, 0.2) is 182 Å². The van der Waals surface area contributed by atoms with Crippen molar-refractivity contribution >= 4 is 59.6 Å². The fourth-order valence-corrected chi connectivity index (χ4v) is 9.78. The SMILES string of the molecule is O=C(O)C(F)(F)F.O=C(O)C(F)(F)F.[C-]#[O+].[Ru+].c1ccc([PH+](c2ccccc2)c2ccccc2)cc1.c1ccc([PH+](c2ccccc2)c2ccccc2)cc1. The molecule has 6 aromatic carbocycles. The summed E-state index contributed by atoms with van der Waals surface area (Å²) in [4.78, 5) is 17.8. The molecule has 2 N–H and O–H groups in total. The number of rotatable bonds is 6. The van der Waals surface area contributed by atoms with Crippen LogP contribution < -0.4 is 31.8 Å². The molecule has 0 saturated heterocycles. The first-order valence-electron chi connectivity index (χ1n) is 15.7. The summed E-state index contributed by atoms with van der Waals surface area (Å²) in [7, 11) is -1.75. The molecule has 0 atom stereocenters. The van der Waals surface area contributed by atoms with Gasteiger partial charge in [0.15, 0.2) is 0 Å². The third-order valence-electron chi connectivity index (χ3n) is 6.86.